The highest BCUT2D eigenvalue weighted by molar-refractivity contribution is 5.90. The Labute approximate surface area is 85.7 Å². The molecule has 0 aliphatic carbocycles. The van der Waals surface area contributed by atoms with Crippen molar-refractivity contribution in [3.8, 4) is 6.01 Å². The quantitative estimate of drug-likeness (QED) is 0.695. The van der Waals surface area contributed by atoms with Crippen LogP contribution in [0.2, 0.25) is 0 Å². The van der Waals surface area contributed by atoms with Gasteiger partial charge in [0.1, 0.15) is 0 Å². The lowest BCUT2D eigenvalue weighted by Crippen LogP contribution is -2.09. The highest BCUT2D eigenvalue weighted by atomic mass is 16.6. The molecule has 0 fully saturated rings. The predicted octanol–water partition coefficient (Wildman–Crippen LogP) is 1.60. The molecule has 1 aromatic heterocycles. The fourth-order valence-corrected chi connectivity index (χ4v) is 1.12. The van der Waals surface area contributed by atoms with E-state index in [0.29, 0.717) is 5.56 Å². The summed E-state index contributed by atoms with van der Waals surface area (Å²) in [6.07, 6.45) is 1.10. The van der Waals surface area contributed by atoms with E-state index in [2.05, 4.69) is 14.7 Å². The summed E-state index contributed by atoms with van der Waals surface area (Å²) in [6, 6.07) is 6.98. The van der Waals surface area contributed by atoms with Crippen molar-refractivity contribution in [2.75, 3.05) is 0 Å². The molecule has 0 amide bonds. The number of carbonyl (C=O) groups excluding carboxylic acids is 1. The summed E-state index contributed by atoms with van der Waals surface area (Å²) in [5, 5.41) is 3.37. The fraction of sp³-hybridized carbons (Fsp3) is 0.100. The van der Waals surface area contributed by atoms with Crippen LogP contribution in [-0.4, -0.2) is 16.1 Å². The van der Waals surface area contributed by atoms with Crippen molar-refractivity contribution in [3.63, 3.8) is 0 Å². The minimum atomic E-state index is -0.500. The molecule has 2 rings (SSSR count). The Morgan fingerprint density at radius 2 is 2.33 bits per heavy atom. The molecule has 0 aliphatic heterocycles. The van der Waals surface area contributed by atoms with Crippen LogP contribution in [0.4, 0.5) is 0 Å². The zero-order valence-electron chi connectivity index (χ0n) is 8.01. The first kappa shape index (κ1) is 9.39. The first-order chi connectivity index (χ1) is 7.25. The van der Waals surface area contributed by atoms with Crippen LogP contribution >= 0.6 is 0 Å². The number of rotatable bonds is 2. The molecule has 0 saturated carbocycles. The topological polar surface area (TPSA) is 65.2 Å². The van der Waals surface area contributed by atoms with Crippen LogP contribution in [-0.2, 0) is 0 Å². The van der Waals surface area contributed by atoms with Crippen molar-refractivity contribution in [2.24, 2.45) is 0 Å². The first-order valence-electron chi connectivity index (χ1n) is 4.31. The molecule has 1 heterocycles. The van der Waals surface area contributed by atoms with Crippen LogP contribution in [0.15, 0.2) is 35.2 Å². The van der Waals surface area contributed by atoms with E-state index >= 15 is 0 Å². The van der Waals surface area contributed by atoms with E-state index in [1.165, 1.54) is 0 Å². The Balaban J connectivity index is 2.15. The molecular formula is C10H8N2O3. The van der Waals surface area contributed by atoms with E-state index in [-0.39, 0.29) is 6.01 Å². The van der Waals surface area contributed by atoms with Crippen LogP contribution in [0.5, 0.6) is 6.01 Å². The zero-order chi connectivity index (χ0) is 10.7. The standard InChI is InChI=1S/C10H8N2O3/c1-7-3-2-4-8(5-7)9(13)15-10-11-6-14-12-10/h2-6H,1H3. The molecular weight excluding hydrogens is 196 g/mol. The molecule has 76 valence electrons. The first-order valence-corrected chi connectivity index (χ1v) is 4.31. The van der Waals surface area contributed by atoms with E-state index in [9.17, 15) is 4.79 Å². The molecule has 0 N–H and O–H groups in total. The van der Waals surface area contributed by atoms with Crippen LogP contribution in [0.25, 0.3) is 0 Å². The normalized spacial score (nSPS) is 9.93. The molecule has 2 aromatic rings. The molecule has 1 aromatic carbocycles. The smallest absolute Gasteiger partial charge is 0.362 e. The maximum absolute atomic E-state index is 11.5. The lowest BCUT2D eigenvalue weighted by atomic mass is 10.1. The molecule has 5 nitrogen and oxygen atoms in total. The average molecular weight is 204 g/mol. The van der Waals surface area contributed by atoms with Gasteiger partial charge < -0.3 is 9.26 Å². The van der Waals surface area contributed by atoms with Gasteiger partial charge in [-0.15, -0.1) is 0 Å². The third kappa shape index (κ3) is 2.19. The largest absolute Gasteiger partial charge is 0.385 e. The monoisotopic (exact) mass is 204 g/mol. The molecule has 0 saturated heterocycles. The molecule has 5 heteroatoms. The number of esters is 1. The summed E-state index contributed by atoms with van der Waals surface area (Å²) in [7, 11) is 0. The highest BCUT2D eigenvalue weighted by Crippen LogP contribution is 2.07. The Hall–Kier alpha value is -2.17. The van der Waals surface area contributed by atoms with Crippen molar-refractivity contribution >= 4 is 5.97 Å². The van der Waals surface area contributed by atoms with Crippen LogP contribution < -0.4 is 4.74 Å². The van der Waals surface area contributed by atoms with Gasteiger partial charge in [-0.1, -0.05) is 17.7 Å². The number of nitrogens with zero attached hydrogens (tertiary/aromatic N) is 2. The van der Waals surface area contributed by atoms with Gasteiger partial charge in [0, 0.05) is 0 Å². The SMILES string of the molecule is Cc1cccc(C(=O)Oc2ncon2)c1. The number of ether oxygens (including phenoxy) is 1. The second-order valence-corrected chi connectivity index (χ2v) is 2.97. The van der Waals surface area contributed by atoms with Gasteiger partial charge in [-0.2, -0.15) is 4.98 Å². The van der Waals surface area contributed by atoms with Crippen molar-refractivity contribution in [3.05, 3.63) is 41.8 Å². The summed E-state index contributed by atoms with van der Waals surface area (Å²) in [6.45, 7) is 1.89. The summed E-state index contributed by atoms with van der Waals surface area (Å²) in [5.74, 6) is -0.500. The number of hydrogen-bond acceptors (Lipinski definition) is 5. The van der Waals surface area contributed by atoms with Crippen LogP contribution in [0.1, 0.15) is 15.9 Å². The van der Waals surface area contributed by atoms with Gasteiger partial charge in [0.2, 0.25) is 6.39 Å². The maximum atomic E-state index is 11.5. The Morgan fingerprint density at radius 1 is 1.47 bits per heavy atom. The third-order valence-corrected chi connectivity index (χ3v) is 1.78. The van der Waals surface area contributed by atoms with Crippen LogP contribution in [0.3, 0.4) is 0 Å². The summed E-state index contributed by atoms with van der Waals surface area (Å²) in [5.41, 5.74) is 1.44. The fourth-order valence-electron chi connectivity index (χ4n) is 1.12. The highest BCUT2D eigenvalue weighted by Gasteiger charge is 2.10. The molecule has 0 bridgehead atoms. The van der Waals surface area contributed by atoms with E-state index in [4.69, 9.17) is 4.74 Å². The van der Waals surface area contributed by atoms with E-state index in [0.717, 1.165) is 12.0 Å². The van der Waals surface area contributed by atoms with Crippen molar-refractivity contribution in [1.82, 2.24) is 10.1 Å². The molecule has 0 spiro atoms. The maximum Gasteiger partial charge on any atom is 0.362 e. The van der Waals surface area contributed by atoms with Gasteiger partial charge in [0.15, 0.2) is 0 Å². The van der Waals surface area contributed by atoms with E-state index in [1.807, 2.05) is 13.0 Å². The number of benzene rings is 1. The Morgan fingerprint density at radius 3 is 3.00 bits per heavy atom. The Bertz CT molecular complexity index is 465. The van der Waals surface area contributed by atoms with Gasteiger partial charge in [-0.3, -0.25) is 0 Å². The summed E-state index contributed by atoms with van der Waals surface area (Å²) in [4.78, 5) is 15.1. The second-order valence-electron chi connectivity index (χ2n) is 2.97. The molecule has 0 aliphatic rings. The number of carbonyl (C=O) groups is 1. The van der Waals surface area contributed by atoms with Crippen LogP contribution in [0, 0.1) is 6.92 Å². The van der Waals surface area contributed by atoms with E-state index < -0.39 is 5.97 Å². The summed E-state index contributed by atoms with van der Waals surface area (Å²) >= 11 is 0. The average Bonchev–Trinajstić information content (AvgIpc) is 2.70. The Kier molecular flexibility index (Phi) is 2.45. The molecule has 15 heavy (non-hydrogen) atoms. The van der Waals surface area contributed by atoms with Gasteiger partial charge in [0.25, 0.3) is 0 Å². The zero-order valence-corrected chi connectivity index (χ0v) is 8.01. The predicted molar refractivity (Wildman–Crippen MR) is 50.4 cm³/mol. The minimum Gasteiger partial charge on any atom is -0.385 e. The van der Waals surface area contributed by atoms with E-state index in [1.54, 1.807) is 18.2 Å². The minimum absolute atomic E-state index is 0.0819. The van der Waals surface area contributed by atoms with Crippen molar-refractivity contribution in [2.45, 2.75) is 6.92 Å². The molecule has 0 unspecified atom stereocenters. The molecule has 0 radical (unpaired) electrons. The van der Waals surface area contributed by atoms with Gasteiger partial charge in [-0.25, -0.2) is 4.79 Å². The number of aryl methyl sites for hydroxylation is 1. The number of aromatic nitrogens is 2. The van der Waals surface area contributed by atoms with Gasteiger partial charge >= 0.3 is 12.0 Å². The third-order valence-electron chi connectivity index (χ3n) is 1.78. The van der Waals surface area contributed by atoms with Gasteiger partial charge in [-0.05, 0) is 24.2 Å². The number of hydrogen-bond donors (Lipinski definition) is 0. The summed E-state index contributed by atoms with van der Waals surface area (Å²) < 4.78 is 9.28. The molecule has 0 atom stereocenters. The van der Waals surface area contributed by atoms with Gasteiger partial charge in [0.05, 0.1) is 5.56 Å². The van der Waals surface area contributed by atoms with Crippen molar-refractivity contribution < 1.29 is 14.1 Å². The van der Waals surface area contributed by atoms with Crippen molar-refractivity contribution in [1.29, 1.82) is 0 Å². The lowest BCUT2D eigenvalue weighted by molar-refractivity contribution is 0.0714. The lowest BCUT2D eigenvalue weighted by Gasteiger charge is -1.99. The second kappa shape index (κ2) is 3.91.